The summed E-state index contributed by atoms with van der Waals surface area (Å²) in [5.74, 6) is -2.28. The normalized spacial score (nSPS) is 11.0. The predicted octanol–water partition coefficient (Wildman–Crippen LogP) is 3.71. The number of rotatable bonds is 3. The number of carbonyl (C=O) groups is 2. The Morgan fingerprint density at radius 1 is 0.913 bits per heavy atom. The lowest BCUT2D eigenvalue weighted by Gasteiger charge is -2.12. The number of benzene rings is 2. The third-order valence-electron chi connectivity index (χ3n) is 2.91. The van der Waals surface area contributed by atoms with E-state index in [2.05, 4.69) is 4.74 Å². The molecule has 0 saturated carbocycles. The molecule has 0 aromatic heterocycles. The van der Waals surface area contributed by atoms with Crippen molar-refractivity contribution >= 4 is 11.9 Å². The minimum Gasteiger partial charge on any atom is -0.465 e. The predicted molar refractivity (Wildman–Crippen MR) is 74.2 cm³/mol. The molecule has 0 amide bonds. The van der Waals surface area contributed by atoms with Crippen molar-refractivity contribution in [3.8, 4) is 5.75 Å². The summed E-state index contributed by atoms with van der Waals surface area (Å²) in [6.45, 7) is 0. The summed E-state index contributed by atoms with van der Waals surface area (Å²) in [6, 6.07) is 9.69. The van der Waals surface area contributed by atoms with Crippen LogP contribution in [-0.4, -0.2) is 19.0 Å². The fraction of sp³-hybridized carbons (Fsp3) is 0.125. The van der Waals surface area contributed by atoms with Gasteiger partial charge in [-0.2, -0.15) is 13.2 Å². The van der Waals surface area contributed by atoms with Crippen molar-refractivity contribution < 1.29 is 32.2 Å². The summed E-state index contributed by atoms with van der Waals surface area (Å²) in [6.07, 6.45) is -4.65. The Morgan fingerprint density at radius 3 is 2.13 bits per heavy atom. The van der Waals surface area contributed by atoms with E-state index in [1.165, 1.54) is 43.5 Å². The average Bonchev–Trinajstić information content (AvgIpc) is 2.53. The van der Waals surface area contributed by atoms with Crippen molar-refractivity contribution in [2.75, 3.05) is 7.11 Å². The molecule has 0 atom stereocenters. The number of esters is 2. The summed E-state index contributed by atoms with van der Waals surface area (Å²) in [4.78, 5) is 23.4. The minimum absolute atomic E-state index is 0.0649. The molecular formula is C16H11F3O4. The summed E-state index contributed by atoms with van der Waals surface area (Å²) >= 11 is 0. The zero-order valence-electron chi connectivity index (χ0n) is 11.9. The molecule has 120 valence electrons. The lowest BCUT2D eigenvalue weighted by atomic mass is 10.1. The first kappa shape index (κ1) is 16.5. The Bertz CT molecular complexity index is 738. The number of carbonyl (C=O) groups excluding carboxylic acids is 2. The van der Waals surface area contributed by atoms with Gasteiger partial charge in [0.1, 0.15) is 5.75 Å². The molecule has 0 radical (unpaired) electrons. The quantitative estimate of drug-likeness (QED) is 0.638. The van der Waals surface area contributed by atoms with Gasteiger partial charge in [0.05, 0.1) is 23.8 Å². The van der Waals surface area contributed by atoms with Gasteiger partial charge in [-0.25, -0.2) is 9.59 Å². The maximum Gasteiger partial charge on any atom is 0.419 e. The lowest BCUT2D eigenvalue weighted by Crippen LogP contribution is -2.14. The molecule has 0 fully saturated rings. The summed E-state index contributed by atoms with van der Waals surface area (Å²) < 4.78 is 47.9. The second-order valence-corrected chi connectivity index (χ2v) is 4.46. The molecule has 0 unspecified atom stereocenters. The molecule has 0 spiro atoms. The SMILES string of the molecule is COC(=O)c1cccc(C(=O)Oc2ccccc2C(F)(F)F)c1. The van der Waals surface area contributed by atoms with Crippen LogP contribution in [0.15, 0.2) is 48.5 Å². The molecule has 0 saturated heterocycles. The van der Waals surface area contributed by atoms with Crippen molar-refractivity contribution in [1.29, 1.82) is 0 Å². The molecule has 0 N–H and O–H groups in total. The maximum atomic E-state index is 12.9. The van der Waals surface area contributed by atoms with E-state index in [1.807, 2.05) is 0 Å². The highest BCUT2D eigenvalue weighted by molar-refractivity contribution is 5.96. The van der Waals surface area contributed by atoms with Crippen LogP contribution in [0.1, 0.15) is 26.3 Å². The van der Waals surface area contributed by atoms with Crippen LogP contribution in [0.25, 0.3) is 0 Å². The van der Waals surface area contributed by atoms with Crippen LogP contribution in [-0.2, 0) is 10.9 Å². The largest absolute Gasteiger partial charge is 0.465 e. The third-order valence-corrected chi connectivity index (χ3v) is 2.91. The minimum atomic E-state index is -4.65. The number of hydrogen-bond acceptors (Lipinski definition) is 4. The zero-order chi connectivity index (χ0) is 17.0. The van der Waals surface area contributed by atoms with Gasteiger partial charge in [0.25, 0.3) is 0 Å². The van der Waals surface area contributed by atoms with Crippen molar-refractivity contribution in [2.24, 2.45) is 0 Å². The summed E-state index contributed by atoms with van der Waals surface area (Å²) in [5.41, 5.74) is -1.03. The topological polar surface area (TPSA) is 52.6 Å². The van der Waals surface area contributed by atoms with E-state index >= 15 is 0 Å². The van der Waals surface area contributed by atoms with Gasteiger partial charge in [0.2, 0.25) is 0 Å². The van der Waals surface area contributed by atoms with Crippen LogP contribution in [0.4, 0.5) is 13.2 Å². The van der Waals surface area contributed by atoms with Crippen molar-refractivity contribution in [3.05, 3.63) is 65.2 Å². The van der Waals surface area contributed by atoms with Crippen LogP contribution < -0.4 is 4.74 Å². The van der Waals surface area contributed by atoms with E-state index < -0.39 is 29.4 Å². The van der Waals surface area contributed by atoms with E-state index in [0.29, 0.717) is 0 Å². The smallest absolute Gasteiger partial charge is 0.419 e. The van der Waals surface area contributed by atoms with Gasteiger partial charge in [-0.1, -0.05) is 18.2 Å². The van der Waals surface area contributed by atoms with E-state index in [1.54, 1.807) is 0 Å². The van der Waals surface area contributed by atoms with Gasteiger partial charge in [-0.3, -0.25) is 0 Å². The maximum absolute atomic E-state index is 12.9. The Kier molecular flexibility index (Phi) is 4.68. The number of para-hydroxylation sites is 1. The second kappa shape index (κ2) is 6.51. The Balaban J connectivity index is 2.29. The molecule has 0 aliphatic rings. The molecule has 2 rings (SSSR count). The highest BCUT2D eigenvalue weighted by Gasteiger charge is 2.34. The number of alkyl halides is 3. The fourth-order valence-corrected chi connectivity index (χ4v) is 1.84. The number of methoxy groups -OCH3 is 1. The van der Waals surface area contributed by atoms with Crippen LogP contribution in [0, 0.1) is 0 Å². The van der Waals surface area contributed by atoms with Crippen LogP contribution >= 0.6 is 0 Å². The zero-order valence-corrected chi connectivity index (χ0v) is 11.9. The first-order valence-corrected chi connectivity index (χ1v) is 6.39. The molecule has 2 aromatic carbocycles. The Morgan fingerprint density at radius 2 is 1.52 bits per heavy atom. The van der Waals surface area contributed by atoms with Gasteiger partial charge in [-0.15, -0.1) is 0 Å². The van der Waals surface area contributed by atoms with Gasteiger partial charge in [-0.05, 0) is 30.3 Å². The number of hydrogen-bond donors (Lipinski definition) is 0. The molecule has 0 aliphatic carbocycles. The molecule has 0 bridgehead atoms. The van der Waals surface area contributed by atoms with Gasteiger partial charge in [0, 0.05) is 0 Å². The molecule has 23 heavy (non-hydrogen) atoms. The lowest BCUT2D eigenvalue weighted by molar-refractivity contribution is -0.138. The molecule has 2 aromatic rings. The molecular weight excluding hydrogens is 313 g/mol. The standard InChI is InChI=1S/C16H11F3O4/c1-22-14(20)10-5-4-6-11(9-10)15(21)23-13-8-3-2-7-12(13)16(17,18)19/h2-9H,1H3. The van der Waals surface area contributed by atoms with E-state index in [0.717, 1.165) is 12.1 Å². The molecule has 7 heteroatoms. The number of ether oxygens (including phenoxy) is 2. The second-order valence-electron chi connectivity index (χ2n) is 4.46. The summed E-state index contributed by atoms with van der Waals surface area (Å²) in [7, 11) is 1.17. The van der Waals surface area contributed by atoms with Crippen LogP contribution in [0.3, 0.4) is 0 Å². The van der Waals surface area contributed by atoms with Crippen molar-refractivity contribution in [2.45, 2.75) is 6.18 Å². The molecule has 4 nitrogen and oxygen atoms in total. The van der Waals surface area contributed by atoms with Gasteiger partial charge < -0.3 is 9.47 Å². The molecule has 0 heterocycles. The fourth-order valence-electron chi connectivity index (χ4n) is 1.84. The Labute approximate surface area is 129 Å². The monoisotopic (exact) mass is 324 g/mol. The highest BCUT2D eigenvalue weighted by atomic mass is 19.4. The van der Waals surface area contributed by atoms with Crippen molar-refractivity contribution in [3.63, 3.8) is 0 Å². The van der Waals surface area contributed by atoms with E-state index in [-0.39, 0.29) is 11.1 Å². The van der Waals surface area contributed by atoms with E-state index in [4.69, 9.17) is 4.74 Å². The average molecular weight is 324 g/mol. The third kappa shape index (κ3) is 3.88. The van der Waals surface area contributed by atoms with Crippen molar-refractivity contribution in [1.82, 2.24) is 0 Å². The van der Waals surface area contributed by atoms with E-state index in [9.17, 15) is 22.8 Å². The summed E-state index contributed by atoms with van der Waals surface area (Å²) in [5, 5.41) is 0. The first-order chi connectivity index (χ1) is 10.8. The van der Waals surface area contributed by atoms with Crippen LogP contribution in [0.2, 0.25) is 0 Å². The highest BCUT2D eigenvalue weighted by Crippen LogP contribution is 2.36. The van der Waals surface area contributed by atoms with Gasteiger partial charge >= 0.3 is 18.1 Å². The van der Waals surface area contributed by atoms with Gasteiger partial charge in [0.15, 0.2) is 0 Å². The molecule has 0 aliphatic heterocycles. The number of halogens is 3. The first-order valence-electron chi connectivity index (χ1n) is 6.39. The Hall–Kier alpha value is -2.83. The van der Waals surface area contributed by atoms with Crippen LogP contribution in [0.5, 0.6) is 5.75 Å².